The molecule has 208 valence electrons. The Hall–Kier alpha value is -4.19. The van der Waals surface area contributed by atoms with Gasteiger partial charge in [0.2, 0.25) is 0 Å². The number of piperazine rings is 1. The van der Waals surface area contributed by atoms with E-state index in [1.807, 2.05) is 54.6 Å². The molecule has 1 saturated heterocycles. The van der Waals surface area contributed by atoms with E-state index in [-0.39, 0.29) is 0 Å². The molecule has 5 heteroatoms. The summed E-state index contributed by atoms with van der Waals surface area (Å²) in [7, 11) is 0. The number of aromatic nitrogens is 1. The Morgan fingerprint density at radius 3 is 1.98 bits per heavy atom. The third-order valence-corrected chi connectivity index (χ3v) is 7.82. The molecular formula is C36H37N3O2. The second kappa shape index (κ2) is 13.4. The molecule has 0 spiro atoms. The molecule has 1 fully saturated rings. The Kier molecular flexibility index (Phi) is 8.86. The molecule has 2 heterocycles. The van der Waals surface area contributed by atoms with Gasteiger partial charge >= 0.3 is 0 Å². The number of aryl methyl sites for hydroxylation is 1. The number of hydrogen-bond acceptors (Lipinski definition) is 5. The average Bonchev–Trinajstić information content (AvgIpc) is 3.51. The van der Waals surface area contributed by atoms with Crippen LogP contribution in [0.5, 0.6) is 11.5 Å². The predicted molar refractivity (Wildman–Crippen MR) is 164 cm³/mol. The lowest BCUT2D eigenvalue weighted by Crippen LogP contribution is -2.48. The van der Waals surface area contributed by atoms with E-state index >= 15 is 0 Å². The summed E-state index contributed by atoms with van der Waals surface area (Å²) >= 11 is 0. The van der Waals surface area contributed by atoms with Gasteiger partial charge in [-0.3, -0.25) is 4.90 Å². The highest BCUT2D eigenvalue weighted by Crippen LogP contribution is 2.30. The number of ether oxygens (including phenoxy) is 1. The van der Waals surface area contributed by atoms with Gasteiger partial charge in [0, 0.05) is 44.2 Å². The summed E-state index contributed by atoms with van der Waals surface area (Å²) in [5.74, 6) is 2.55. The fraction of sp³-hybridized carbons (Fsp3) is 0.250. The lowest BCUT2D eigenvalue weighted by Gasteiger charge is -2.39. The van der Waals surface area contributed by atoms with Crippen molar-refractivity contribution >= 4 is 0 Å². The quantitative estimate of drug-likeness (QED) is 0.159. The molecule has 41 heavy (non-hydrogen) atoms. The van der Waals surface area contributed by atoms with Crippen molar-refractivity contribution in [3.63, 3.8) is 0 Å². The van der Waals surface area contributed by atoms with Crippen LogP contribution < -0.4 is 4.74 Å². The van der Waals surface area contributed by atoms with Crippen LogP contribution in [-0.2, 0) is 6.42 Å². The van der Waals surface area contributed by atoms with Gasteiger partial charge in [-0.25, -0.2) is 0 Å². The van der Waals surface area contributed by atoms with E-state index in [9.17, 15) is 0 Å². The van der Waals surface area contributed by atoms with Crippen LogP contribution >= 0.6 is 0 Å². The molecule has 5 nitrogen and oxygen atoms in total. The van der Waals surface area contributed by atoms with Crippen LogP contribution in [0.1, 0.15) is 35.8 Å². The maximum atomic E-state index is 5.98. The van der Waals surface area contributed by atoms with Crippen molar-refractivity contribution in [2.75, 3.05) is 32.7 Å². The minimum atomic E-state index is 0.311. The summed E-state index contributed by atoms with van der Waals surface area (Å²) in [6, 6.07) is 42.0. The van der Waals surface area contributed by atoms with E-state index in [2.05, 4.69) is 81.7 Å². The van der Waals surface area contributed by atoms with E-state index < -0.39 is 0 Å². The molecule has 0 atom stereocenters. The Labute approximate surface area is 243 Å². The molecule has 4 aromatic carbocycles. The summed E-state index contributed by atoms with van der Waals surface area (Å²) in [6.07, 6.45) is 3.14. The number of hydrogen-bond donors (Lipinski definition) is 0. The van der Waals surface area contributed by atoms with Crippen LogP contribution in [0.3, 0.4) is 0 Å². The second-order valence-electron chi connectivity index (χ2n) is 10.7. The number of benzene rings is 4. The van der Waals surface area contributed by atoms with Crippen LogP contribution in [0.4, 0.5) is 0 Å². The summed E-state index contributed by atoms with van der Waals surface area (Å²) in [5, 5.41) is 4.33. The van der Waals surface area contributed by atoms with E-state index in [0.29, 0.717) is 6.04 Å². The topological polar surface area (TPSA) is 41.7 Å². The Bertz CT molecular complexity index is 1440. The molecule has 0 radical (unpaired) electrons. The zero-order valence-corrected chi connectivity index (χ0v) is 23.4. The Morgan fingerprint density at radius 2 is 1.29 bits per heavy atom. The van der Waals surface area contributed by atoms with Crippen molar-refractivity contribution in [1.82, 2.24) is 15.0 Å². The third kappa shape index (κ3) is 7.12. The van der Waals surface area contributed by atoms with Gasteiger partial charge in [-0.1, -0.05) is 96.2 Å². The van der Waals surface area contributed by atoms with Gasteiger partial charge in [0.15, 0.2) is 0 Å². The van der Waals surface area contributed by atoms with Crippen LogP contribution in [-0.4, -0.2) is 47.7 Å². The summed E-state index contributed by atoms with van der Waals surface area (Å²) in [5.41, 5.74) is 4.58. The highest BCUT2D eigenvalue weighted by atomic mass is 16.5. The first-order valence-electron chi connectivity index (χ1n) is 14.7. The predicted octanol–water partition coefficient (Wildman–Crippen LogP) is 7.86. The first kappa shape index (κ1) is 27.0. The molecule has 5 aromatic rings. The maximum absolute atomic E-state index is 5.98. The zero-order chi connectivity index (χ0) is 27.7. The van der Waals surface area contributed by atoms with Gasteiger partial charge in [-0.15, -0.1) is 0 Å². The zero-order valence-electron chi connectivity index (χ0n) is 23.4. The van der Waals surface area contributed by atoms with Crippen molar-refractivity contribution < 1.29 is 9.26 Å². The fourth-order valence-corrected chi connectivity index (χ4v) is 5.67. The van der Waals surface area contributed by atoms with Gasteiger partial charge in [0.05, 0.1) is 6.04 Å². The highest BCUT2D eigenvalue weighted by molar-refractivity contribution is 5.61. The monoisotopic (exact) mass is 543 g/mol. The molecule has 1 aliphatic heterocycles. The van der Waals surface area contributed by atoms with Gasteiger partial charge in [-0.2, -0.15) is 0 Å². The molecule has 1 aliphatic rings. The summed E-state index contributed by atoms with van der Waals surface area (Å²) in [4.78, 5) is 5.24. The highest BCUT2D eigenvalue weighted by Gasteiger charge is 2.26. The molecular weight excluding hydrogens is 506 g/mol. The first-order valence-corrected chi connectivity index (χ1v) is 14.7. The maximum Gasteiger partial charge on any atom is 0.137 e. The standard InChI is InChI=1S/C36H37N3O2/c1-4-13-29(14-5-1)36(30-15-6-2-7-16-30)39-25-23-38(24-26-39)22-11-10-20-34-28-35(37-41-34)31-17-12-21-33(27-31)40-32-18-8-3-9-19-32/h1-9,12-19,21,27-28,36H,10-11,20,22-26H2. The molecule has 0 amide bonds. The van der Waals surface area contributed by atoms with Crippen LogP contribution in [0, 0.1) is 0 Å². The molecule has 0 bridgehead atoms. The smallest absolute Gasteiger partial charge is 0.137 e. The van der Waals surface area contributed by atoms with Gasteiger partial charge < -0.3 is 14.2 Å². The fourth-order valence-electron chi connectivity index (χ4n) is 5.67. The number of para-hydroxylation sites is 1. The van der Waals surface area contributed by atoms with Gasteiger partial charge in [0.25, 0.3) is 0 Å². The molecule has 6 rings (SSSR count). The summed E-state index contributed by atoms with van der Waals surface area (Å²) < 4.78 is 11.7. The normalized spacial score (nSPS) is 14.4. The molecule has 0 aliphatic carbocycles. The minimum absolute atomic E-state index is 0.311. The van der Waals surface area contributed by atoms with Gasteiger partial charge in [0.1, 0.15) is 23.0 Å². The molecule has 0 unspecified atom stereocenters. The van der Waals surface area contributed by atoms with Crippen molar-refractivity contribution in [2.24, 2.45) is 0 Å². The van der Waals surface area contributed by atoms with Crippen molar-refractivity contribution in [3.05, 3.63) is 138 Å². The lowest BCUT2D eigenvalue weighted by molar-refractivity contribution is 0.108. The molecule has 1 aromatic heterocycles. The first-order chi connectivity index (χ1) is 20.3. The Balaban J connectivity index is 0.971. The average molecular weight is 544 g/mol. The van der Waals surface area contributed by atoms with Gasteiger partial charge in [-0.05, 0) is 54.8 Å². The Morgan fingerprint density at radius 1 is 0.659 bits per heavy atom. The van der Waals surface area contributed by atoms with Crippen LogP contribution in [0.25, 0.3) is 11.3 Å². The lowest BCUT2D eigenvalue weighted by atomic mass is 9.96. The van der Waals surface area contributed by atoms with Crippen molar-refractivity contribution in [1.29, 1.82) is 0 Å². The van der Waals surface area contributed by atoms with Crippen LogP contribution in [0.15, 0.2) is 126 Å². The largest absolute Gasteiger partial charge is 0.457 e. The van der Waals surface area contributed by atoms with E-state index in [4.69, 9.17) is 9.26 Å². The second-order valence-corrected chi connectivity index (χ2v) is 10.7. The van der Waals surface area contributed by atoms with Crippen molar-refractivity contribution in [3.8, 4) is 22.8 Å². The number of rotatable bonds is 11. The van der Waals surface area contributed by atoms with Crippen LogP contribution in [0.2, 0.25) is 0 Å². The van der Waals surface area contributed by atoms with E-state index in [1.54, 1.807) is 0 Å². The number of nitrogens with zero attached hydrogens (tertiary/aromatic N) is 3. The van der Waals surface area contributed by atoms with Crippen molar-refractivity contribution in [2.45, 2.75) is 25.3 Å². The summed E-state index contributed by atoms with van der Waals surface area (Å²) in [6.45, 7) is 5.48. The number of unbranched alkanes of at least 4 members (excludes halogenated alkanes) is 1. The SMILES string of the molecule is c1ccc(Oc2cccc(-c3cc(CCCCN4CCN(C(c5ccccc5)c5ccccc5)CC4)on3)c2)cc1. The van der Waals surface area contributed by atoms with E-state index in [1.165, 1.54) is 11.1 Å². The molecule has 0 saturated carbocycles. The third-order valence-electron chi connectivity index (χ3n) is 7.82. The molecule has 0 N–H and O–H groups in total. The minimum Gasteiger partial charge on any atom is -0.457 e. The van der Waals surface area contributed by atoms with E-state index in [0.717, 1.165) is 80.5 Å².